The van der Waals surface area contributed by atoms with Crippen LogP contribution in [0, 0.1) is 0 Å². The number of pyridine rings is 1. The molecule has 0 amide bonds. The predicted molar refractivity (Wildman–Crippen MR) is 126 cm³/mol. The molecule has 7 heteroatoms. The van der Waals surface area contributed by atoms with Gasteiger partial charge in [0.05, 0.1) is 10.6 Å². The van der Waals surface area contributed by atoms with E-state index in [1.54, 1.807) is 23.5 Å². The highest BCUT2D eigenvalue weighted by Crippen LogP contribution is 2.42. The van der Waals surface area contributed by atoms with Crippen LogP contribution in [0.1, 0.15) is 23.3 Å². The Hall–Kier alpha value is -2.25. The highest BCUT2D eigenvalue weighted by atomic mass is 35.5. The van der Waals surface area contributed by atoms with E-state index in [2.05, 4.69) is 30.3 Å². The Morgan fingerprint density at radius 1 is 0.900 bits per heavy atom. The summed E-state index contributed by atoms with van der Waals surface area (Å²) in [6.07, 6.45) is 4.70. The first-order valence-electron chi connectivity index (χ1n) is 9.65. The number of primary sulfonamides is 1. The quantitative estimate of drug-likeness (QED) is 0.437. The topological polar surface area (TPSA) is 73.1 Å². The molecule has 0 saturated heterocycles. The molecular formula is C23H21ClN2O2S2. The smallest absolute Gasteiger partial charge is 0.237 e. The molecule has 5 rings (SSSR count). The summed E-state index contributed by atoms with van der Waals surface area (Å²) >= 11 is 1.80. The van der Waals surface area contributed by atoms with Crippen LogP contribution < -0.4 is 5.14 Å². The minimum Gasteiger partial charge on any atom is -0.237 e. The van der Waals surface area contributed by atoms with Crippen LogP contribution in [0.15, 0.2) is 65.6 Å². The number of sulfonamides is 1. The number of thiophene rings is 1. The fourth-order valence-electron chi connectivity index (χ4n) is 4.07. The molecule has 2 heterocycles. The van der Waals surface area contributed by atoms with E-state index in [0.717, 1.165) is 28.9 Å². The summed E-state index contributed by atoms with van der Waals surface area (Å²) in [6.45, 7) is 0. The van der Waals surface area contributed by atoms with E-state index in [-0.39, 0.29) is 17.3 Å². The highest BCUT2D eigenvalue weighted by molar-refractivity contribution is 7.89. The molecule has 4 aromatic rings. The Morgan fingerprint density at radius 2 is 1.60 bits per heavy atom. The average Bonchev–Trinajstić information content (AvgIpc) is 3.12. The molecule has 0 aliphatic heterocycles. The maximum Gasteiger partial charge on any atom is 0.238 e. The summed E-state index contributed by atoms with van der Waals surface area (Å²) in [5, 5.41) is 6.51. The van der Waals surface area contributed by atoms with Gasteiger partial charge in [-0.05, 0) is 60.6 Å². The van der Waals surface area contributed by atoms with Crippen molar-refractivity contribution in [3.63, 3.8) is 0 Å². The van der Waals surface area contributed by atoms with E-state index >= 15 is 0 Å². The van der Waals surface area contributed by atoms with Crippen molar-refractivity contribution < 1.29 is 8.42 Å². The summed E-state index contributed by atoms with van der Waals surface area (Å²) in [4.78, 5) is 7.59. The zero-order valence-electron chi connectivity index (χ0n) is 16.2. The summed E-state index contributed by atoms with van der Waals surface area (Å²) in [6, 6.07) is 19.2. The van der Waals surface area contributed by atoms with Gasteiger partial charge in [0, 0.05) is 15.8 Å². The standard InChI is InChI=1S/C23H20N2O2S2.ClH/c24-29(26,27)17-12-10-16(11-13-17)20-14-19(15-6-2-1-3-7-15)22-18-8-4-5-9-21(18)28-23(22)25-20;/h1-3,6-7,10-14H,4-5,8-9H2,(H2,24,26,27);1H. The minimum absolute atomic E-state index is 0. The number of benzene rings is 2. The fraction of sp³-hybridized carbons (Fsp3) is 0.174. The first-order chi connectivity index (χ1) is 14.0. The number of nitrogens with zero attached hydrogens (tertiary/aromatic N) is 1. The second kappa shape index (κ2) is 8.12. The summed E-state index contributed by atoms with van der Waals surface area (Å²) in [5.74, 6) is 0. The van der Waals surface area contributed by atoms with Gasteiger partial charge < -0.3 is 0 Å². The molecule has 0 spiro atoms. The molecule has 2 aromatic heterocycles. The number of rotatable bonds is 3. The molecule has 0 bridgehead atoms. The lowest BCUT2D eigenvalue weighted by Crippen LogP contribution is -2.11. The van der Waals surface area contributed by atoms with E-state index < -0.39 is 10.0 Å². The van der Waals surface area contributed by atoms with Crippen LogP contribution in [-0.4, -0.2) is 13.4 Å². The fourth-order valence-corrected chi connectivity index (χ4v) is 5.87. The Morgan fingerprint density at radius 3 is 2.30 bits per heavy atom. The van der Waals surface area contributed by atoms with E-state index in [1.807, 2.05) is 6.07 Å². The number of hydrogen-bond donors (Lipinski definition) is 1. The third kappa shape index (κ3) is 3.76. The number of fused-ring (bicyclic) bond motifs is 3. The zero-order chi connectivity index (χ0) is 20.0. The predicted octanol–water partition coefficient (Wildman–Crippen LogP) is 5.58. The largest absolute Gasteiger partial charge is 0.238 e. The average molecular weight is 457 g/mol. The molecule has 30 heavy (non-hydrogen) atoms. The Balaban J connectivity index is 0.00000218. The molecule has 154 valence electrons. The molecule has 4 nitrogen and oxygen atoms in total. The van der Waals surface area contributed by atoms with Crippen molar-refractivity contribution in [2.75, 3.05) is 0 Å². The molecule has 2 N–H and O–H groups in total. The van der Waals surface area contributed by atoms with Crippen LogP contribution in [0.5, 0.6) is 0 Å². The molecule has 0 radical (unpaired) electrons. The van der Waals surface area contributed by atoms with Gasteiger partial charge in [-0.15, -0.1) is 23.7 Å². The van der Waals surface area contributed by atoms with Crippen molar-refractivity contribution in [1.82, 2.24) is 4.98 Å². The lowest BCUT2D eigenvalue weighted by molar-refractivity contribution is 0.598. The monoisotopic (exact) mass is 456 g/mol. The van der Waals surface area contributed by atoms with Gasteiger partial charge >= 0.3 is 0 Å². The maximum atomic E-state index is 11.6. The number of halogens is 1. The lowest BCUT2D eigenvalue weighted by atomic mass is 9.92. The number of aromatic nitrogens is 1. The van der Waals surface area contributed by atoms with Gasteiger partial charge in [-0.2, -0.15) is 0 Å². The number of aryl methyl sites for hydroxylation is 2. The van der Waals surface area contributed by atoms with Gasteiger partial charge in [0.15, 0.2) is 0 Å². The van der Waals surface area contributed by atoms with Gasteiger partial charge in [0.1, 0.15) is 4.83 Å². The Labute approximate surface area is 186 Å². The first-order valence-corrected chi connectivity index (χ1v) is 12.0. The van der Waals surface area contributed by atoms with E-state index in [9.17, 15) is 8.42 Å². The molecular weight excluding hydrogens is 436 g/mol. The van der Waals surface area contributed by atoms with Crippen LogP contribution in [0.4, 0.5) is 0 Å². The van der Waals surface area contributed by atoms with Gasteiger partial charge in [-0.3, -0.25) is 0 Å². The number of hydrogen-bond acceptors (Lipinski definition) is 4. The molecule has 1 aliphatic carbocycles. The van der Waals surface area contributed by atoms with Crippen molar-refractivity contribution in [2.45, 2.75) is 30.6 Å². The minimum atomic E-state index is -3.71. The van der Waals surface area contributed by atoms with Crippen molar-refractivity contribution in [1.29, 1.82) is 0 Å². The van der Waals surface area contributed by atoms with Crippen LogP contribution in [-0.2, 0) is 22.9 Å². The van der Waals surface area contributed by atoms with Crippen molar-refractivity contribution >= 4 is 44.0 Å². The third-order valence-corrected chi connectivity index (χ3v) is 7.60. The molecule has 2 aromatic carbocycles. The SMILES string of the molecule is Cl.NS(=O)(=O)c1ccc(-c2cc(-c3ccccc3)c3c4c(sc3n2)CCCC4)cc1. The Bertz CT molecular complexity index is 1320. The summed E-state index contributed by atoms with van der Waals surface area (Å²) < 4.78 is 23.1. The third-order valence-electron chi connectivity index (χ3n) is 5.49. The summed E-state index contributed by atoms with van der Waals surface area (Å²) in [5.41, 5.74) is 5.55. The normalized spacial score (nSPS) is 13.6. The zero-order valence-corrected chi connectivity index (χ0v) is 18.6. The Kier molecular flexibility index (Phi) is 5.68. The molecule has 0 atom stereocenters. The van der Waals surface area contributed by atoms with Crippen molar-refractivity contribution in [3.05, 3.63) is 71.1 Å². The van der Waals surface area contributed by atoms with Crippen LogP contribution in [0.2, 0.25) is 0 Å². The van der Waals surface area contributed by atoms with Gasteiger partial charge in [-0.1, -0.05) is 42.5 Å². The maximum absolute atomic E-state index is 11.6. The molecule has 0 fully saturated rings. The molecule has 1 aliphatic rings. The van der Waals surface area contributed by atoms with E-state index in [4.69, 9.17) is 10.1 Å². The molecule has 0 unspecified atom stereocenters. The first kappa shape index (κ1) is 21.0. The second-order valence-corrected chi connectivity index (χ2v) is 10.0. The lowest BCUT2D eigenvalue weighted by Gasteiger charge is -2.13. The van der Waals surface area contributed by atoms with Gasteiger partial charge in [0.25, 0.3) is 0 Å². The van der Waals surface area contributed by atoms with E-state index in [0.29, 0.717) is 0 Å². The van der Waals surface area contributed by atoms with Crippen molar-refractivity contribution in [3.8, 4) is 22.4 Å². The van der Waals surface area contributed by atoms with Crippen molar-refractivity contribution in [2.24, 2.45) is 5.14 Å². The van der Waals surface area contributed by atoms with Crippen LogP contribution in [0.3, 0.4) is 0 Å². The van der Waals surface area contributed by atoms with Gasteiger partial charge in [-0.25, -0.2) is 18.5 Å². The van der Waals surface area contributed by atoms with Crippen LogP contribution >= 0.6 is 23.7 Å². The number of nitrogens with two attached hydrogens (primary N) is 1. The van der Waals surface area contributed by atoms with Gasteiger partial charge in [0.2, 0.25) is 10.0 Å². The highest BCUT2D eigenvalue weighted by Gasteiger charge is 2.21. The second-order valence-electron chi connectivity index (χ2n) is 7.38. The molecule has 0 saturated carbocycles. The summed E-state index contributed by atoms with van der Waals surface area (Å²) in [7, 11) is -3.71. The van der Waals surface area contributed by atoms with E-state index in [1.165, 1.54) is 51.9 Å². The van der Waals surface area contributed by atoms with Crippen LogP contribution in [0.25, 0.3) is 32.6 Å².